The van der Waals surface area contributed by atoms with Crippen molar-refractivity contribution in [1.82, 2.24) is 15.5 Å². The van der Waals surface area contributed by atoms with Gasteiger partial charge in [0.15, 0.2) is 5.82 Å². The zero-order valence-corrected chi connectivity index (χ0v) is 14.8. The molecule has 1 aliphatic carbocycles. The molecule has 0 fully saturated rings. The number of nitrogen functional groups attached to an aromatic ring is 1. The van der Waals surface area contributed by atoms with Crippen molar-refractivity contribution < 1.29 is 9.32 Å². The van der Waals surface area contributed by atoms with Crippen LogP contribution in [0.4, 0.5) is 5.69 Å². The van der Waals surface area contributed by atoms with E-state index in [1.807, 2.05) is 18.2 Å². The molecule has 1 unspecified atom stereocenters. The average Bonchev–Trinajstić information content (AvgIpc) is 3.02. The van der Waals surface area contributed by atoms with Crippen molar-refractivity contribution in [3.8, 4) is 0 Å². The molecule has 6 heteroatoms. The molecule has 1 aromatic heterocycles. The number of hydrogen-bond donors (Lipinski definition) is 2. The molecule has 0 saturated carbocycles. The predicted octanol–water partition coefficient (Wildman–Crippen LogP) is 3.12. The first-order chi connectivity index (χ1) is 12.2. The van der Waals surface area contributed by atoms with Gasteiger partial charge in [0.25, 0.3) is 0 Å². The van der Waals surface area contributed by atoms with E-state index in [0.717, 1.165) is 43.6 Å². The Bertz CT molecular complexity index is 726. The molecule has 3 rings (SSSR count). The number of nitrogens with two attached hydrogens (primary N) is 1. The van der Waals surface area contributed by atoms with Crippen LogP contribution >= 0.6 is 0 Å². The number of fused-ring (bicyclic) bond motifs is 1. The molecule has 1 amide bonds. The van der Waals surface area contributed by atoms with Gasteiger partial charge in [-0.2, -0.15) is 4.98 Å². The maximum atomic E-state index is 12.3. The second-order valence-electron chi connectivity index (χ2n) is 6.68. The number of benzene rings is 1. The Morgan fingerprint density at radius 3 is 3.12 bits per heavy atom. The summed E-state index contributed by atoms with van der Waals surface area (Å²) in [7, 11) is 0. The molecule has 0 bridgehead atoms. The fraction of sp³-hybridized carbons (Fsp3) is 0.526. The van der Waals surface area contributed by atoms with Gasteiger partial charge in [0.05, 0.1) is 6.04 Å². The first kappa shape index (κ1) is 17.5. The van der Waals surface area contributed by atoms with Crippen LogP contribution in [-0.4, -0.2) is 16.0 Å². The van der Waals surface area contributed by atoms with Crippen molar-refractivity contribution in [3.05, 3.63) is 41.0 Å². The Kier molecular flexibility index (Phi) is 5.68. The van der Waals surface area contributed by atoms with Gasteiger partial charge in [0.1, 0.15) is 0 Å². The minimum atomic E-state index is 0.0722. The van der Waals surface area contributed by atoms with Gasteiger partial charge in [0.2, 0.25) is 11.8 Å². The summed E-state index contributed by atoms with van der Waals surface area (Å²) in [5.41, 5.74) is 9.11. The summed E-state index contributed by atoms with van der Waals surface area (Å²) >= 11 is 0. The first-order valence-corrected chi connectivity index (χ1v) is 9.15. The highest BCUT2D eigenvalue weighted by Crippen LogP contribution is 2.31. The maximum absolute atomic E-state index is 12.3. The molecule has 6 nitrogen and oxygen atoms in total. The Hall–Kier alpha value is -2.37. The molecular weight excluding hydrogens is 316 g/mol. The van der Waals surface area contributed by atoms with Gasteiger partial charge in [-0.05, 0) is 55.4 Å². The van der Waals surface area contributed by atoms with E-state index < -0.39 is 0 Å². The second kappa shape index (κ2) is 8.14. The summed E-state index contributed by atoms with van der Waals surface area (Å²) in [5, 5.41) is 7.09. The molecule has 0 saturated heterocycles. The van der Waals surface area contributed by atoms with Crippen molar-refractivity contribution in [2.45, 2.75) is 64.3 Å². The molecule has 0 aliphatic heterocycles. The van der Waals surface area contributed by atoms with E-state index >= 15 is 0 Å². The lowest BCUT2D eigenvalue weighted by Gasteiger charge is -2.26. The van der Waals surface area contributed by atoms with Gasteiger partial charge < -0.3 is 15.6 Å². The van der Waals surface area contributed by atoms with Crippen LogP contribution in [0.2, 0.25) is 0 Å². The summed E-state index contributed by atoms with van der Waals surface area (Å²) in [4.78, 5) is 16.6. The van der Waals surface area contributed by atoms with Gasteiger partial charge in [0, 0.05) is 24.9 Å². The molecule has 1 heterocycles. The molecule has 1 aliphatic rings. The smallest absolute Gasteiger partial charge is 0.226 e. The Morgan fingerprint density at radius 1 is 1.40 bits per heavy atom. The minimum absolute atomic E-state index is 0.0722. The Balaban J connectivity index is 1.48. The van der Waals surface area contributed by atoms with Crippen molar-refractivity contribution in [1.29, 1.82) is 0 Å². The van der Waals surface area contributed by atoms with Gasteiger partial charge in [-0.3, -0.25) is 4.79 Å². The van der Waals surface area contributed by atoms with Gasteiger partial charge in [-0.1, -0.05) is 18.1 Å². The van der Waals surface area contributed by atoms with Crippen LogP contribution in [0, 0.1) is 0 Å². The van der Waals surface area contributed by atoms with Crippen LogP contribution in [0.25, 0.3) is 0 Å². The number of aryl methyl sites for hydroxylation is 3. The van der Waals surface area contributed by atoms with E-state index in [0.29, 0.717) is 25.2 Å². The van der Waals surface area contributed by atoms with Gasteiger partial charge >= 0.3 is 0 Å². The Labute approximate surface area is 148 Å². The largest absolute Gasteiger partial charge is 0.399 e. The van der Waals surface area contributed by atoms with Crippen LogP contribution in [0.3, 0.4) is 0 Å². The molecule has 134 valence electrons. The standard InChI is InChI=1S/C19H26N4O2/c1-2-5-17-22-19(25-23-17)9-4-8-18(24)21-16-7-3-6-13-12-14(20)10-11-15(13)16/h10-12,16H,2-9,20H2,1H3,(H,21,24). The van der Waals surface area contributed by atoms with Gasteiger partial charge in [-0.25, -0.2) is 0 Å². The third kappa shape index (κ3) is 4.59. The van der Waals surface area contributed by atoms with Crippen molar-refractivity contribution in [3.63, 3.8) is 0 Å². The SMILES string of the molecule is CCCc1noc(CCCC(=O)NC2CCCc3cc(N)ccc32)n1. The molecule has 1 atom stereocenters. The van der Waals surface area contributed by atoms with E-state index in [9.17, 15) is 4.79 Å². The van der Waals surface area contributed by atoms with Crippen LogP contribution < -0.4 is 11.1 Å². The van der Waals surface area contributed by atoms with E-state index in [1.54, 1.807) is 0 Å². The summed E-state index contributed by atoms with van der Waals surface area (Å²) in [6.45, 7) is 2.08. The third-order valence-corrected chi connectivity index (χ3v) is 4.59. The molecule has 2 aromatic rings. The number of nitrogens with one attached hydrogen (secondary N) is 1. The number of aromatic nitrogens is 2. The summed E-state index contributed by atoms with van der Waals surface area (Å²) in [6, 6.07) is 6.07. The van der Waals surface area contributed by atoms with Crippen LogP contribution in [0.1, 0.15) is 67.9 Å². The fourth-order valence-electron chi connectivity index (χ4n) is 3.37. The second-order valence-corrected chi connectivity index (χ2v) is 6.68. The van der Waals surface area contributed by atoms with Crippen molar-refractivity contribution in [2.75, 3.05) is 5.73 Å². The van der Waals surface area contributed by atoms with Gasteiger partial charge in [-0.15, -0.1) is 0 Å². The lowest BCUT2D eigenvalue weighted by Crippen LogP contribution is -2.30. The highest BCUT2D eigenvalue weighted by molar-refractivity contribution is 5.76. The summed E-state index contributed by atoms with van der Waals surface area (Å²) in [5.74, 6) is 1.44. The fourth-order valence-corrected chi connectivity index (χ4v) is 3.37. The Morgan fingerprint density at radius 2 is 2.28 bits per heavy atom. The summed E-state index contributed by atoms with van der Waals surface area (Å²) in [6.07, 6.45) is 6.72. The van der Waals surface area contributed by atoms with E-state index in [4.69, 9.17) is 10.3 Å². The topological polar surface area (TPSA) is 94.0 Å². The van der Waals surface area contributed by atoms with E-state index in [-0.39, 0.29) is 11.9 Å². The quantitative estimate of drug-likeness (QED) is 0.754. The molecule has 25 heavy (non-hydrogen) atoms. The zero-order chi connectivity index (χ0) is 17.6. The number of hydrogen-bond acceptors (Lipinski definition) is 5. The molecule has 3 N–H and O–H groups in total. The van der Waals surface area contributed by atoms with Crippen molar-refractivity contribution >= 4 is 11.6 Å². The van der Waals surface area contributed by atoms with Crippen molar-refractivity contribution in [2.24, 2.45) is 0 Å². The zero-order valence-electron chi connectivity index (χ0n) is 14.8. The predicted molar refractivity (Wildman–Crippen MR) is 95.9 cm³/mol. The first-order valence-electron chi connectivity index (χ1n) is 9.15. The molecule has 0 spiro atoms. The lowest BCUT2D eigenvalue weighted by molar-refractivity contribution is -0.122. The molecular formula is C19H26N4O2. The normalized spacial score (nSPS) is 16.4. The highest BCUT2D eigenvalue weighted by atomic mass is 16.5. The highest BCUT2D eigenvalue weighted by Gasteiger charge is 2.21. The van der Waals surface area contributed by atoms with Crippen LogP contribution in [-0.2, 0) is 24.1 Å². The average molecular weight is 342 g/mol. The van der Waals surface area contributed by atoms with Crippen LogP contribution in [0.5, 0.6) is 0 Å². The number of nitrogens with zero attached hydrogens (tertiary/aromatic N) is 2. The monoisotopic (exact) mass is 342 g/mol. The number of carbonyl (C=O) groups is 1. The number of anilines is 1. The lowest BCUT2D eigenvalue weighted by atomic mass is 9.87. The van der Waals surface area contributed by atoms with Crippen LogP contribution in [0.15, 0.2) is 22.7 Å². The number of rotatable bonds is 7. The van der Waals surface area contributed by atoms with E-state index in [1.165, 1.54) is 11.1 Å². The minimum Gasteiger partial charge on any atom is -0.399 e. The summed E-state index contributed by atoms with van der Waals surface area (Å²) < 4.78 is 5.20. The maximum Gasteiger partial charge on any atom is 0.226 e. The molecule has 1 aromatic carbocycles. The van der Waals surface area contributed by atoms with E-state index in [2.05, 4.69) is 22.4 Å². The number of carbonyl (C=O) groups excluding carboxylic acids is 1. The third-order valence-electron chi connectivity index (χ3n) is 4.59. The number of amides is 1. The molecule has 0 radical (unpaired) electrons.